The van der Waals surface area contributed by atoms with Gasteiger partial charge < -0.3 is 24.4 Å². The molecule has 1 aliphatic rings. The van der Waals surface area contributed by atoms with Gasteiger partial charge in [0.25, 0.3) is 0 Å². The molecule has 4 rings (SSSR count). The molecule has 2 N–H and O–H groups in total. The number of halogens is 1. The first-order valence-corrected chi connectivity index (χ1v) is 12.5. The zero-order valence-electron chi connectivity index (χ0n) is 18.6. The number of methoxy groups -OCH3 is 1. The quantitative estimate of drug-likeness (QED) is 0.329. The highest BCUT2D eigenvalue weighted by Crippen LogP contribution is 2.35. The number of carbonyl (C=O) groups is 1. The molecule has 0 radical (unpaired) electrons. The second-order valence-corrected chi connectivity index (χ2v) is 9.71. The molecule has 1 aromatic heterocycles. The van der Waals surface area contributed by atoms with E-state index in [4.69, 9.17) is 14.2 Å². The third-order valence-electron chi connectivity index (χ3n) is 5.69. The van der Waals surface area contributed by atoms with Crippen LogP contribution in [0.15, 0.2) is 63.8 Å². The summed E-state index contributed by atoms with van der Waals surface area (Å²) in [5.74, 6) is -0.394. The van der Waals surface area contributed by atoms with Crippen molar-refractivity contribution in [2.45, 2.75) is 31.7 Å². The van der Waals surface area contributed by atoms with Gasteiger partial charge in [-0.3, -0.25) is 0 Å². The van der Waals surface area contributed by atoms with Crippen molar-refractivity contribution in [3.05, 3.63) is 86.0 Å². The summed E-state index contributed by atoms with van der Waals surface area (Å²) in [7, 11) is 1.73. The van der Waals surface area contributed by atoms with Crippen LogP contribution in [0.4, 0.5) is 0 Å². The number of carboxylic acids is 1. The van der Waals surface area contributed by atoms with Gasteiger partial charge in [-0.2, -0.15) is 11.3 Å². The van der Waals surface area contributed by atoms with Crippen LogP contribution in [0.25, 0.3) is 5.57 Å². The molecular weight excluding hydrogens is 520 g/mol. The van der Waals surface area contributed by atoms with Crippen molar-refractivity contribution in [1.82, 2.24) is 0 Å². The Morgan fingerprint density at radius 1 is 1.26 bits per heavy atom. The van der Waals surface area contributed by atoms with E-state index in [0.717, 1.165) is 40.1 Å². The summed E-state index contributed by atoms with van der Waals surface area (Å²) in [6.45, 7) is 0.896. The number of rotatable bonds is 8. The number of phenols is 1. The minimum atomic E-state index is -1.07. The van der Waals surface area contributed by atoms with Crippen molar-refractivity contribution in [2.24, 2.45) is 0 Å². The smallest absolute Gasteiger partial charge is 0.328 e. The van der Waals surface area contributed by atoms with Crippen molar-refractivity contribution in [1.29, 1.82) is 0 Å². The molecule has 8 heteroatoms. The fraction of sp³-hybridized carbons (Fsp3) is 0.269. The number of ether oxygens (including phenoxy) is 3. The Balaban J connectivity index is 1.50. The lowest BCUT2D eigenvalue weighted by molar-refractivity contribution is -0.131. The third kappa shape index (κ3) is 6.07. The molecule has 2 atom stereocenters. The monoisotopic (exact) mass is 544 g/mol. The molecule has 1 saturated heterocycles. The van der Waals surface area contributed by atoms with Crippen LogP contribution in [-0.4, -0.2) is 36.0 Å². The van der Waals surface area contributed by atoms with Gasteiger partial charge in [-0.05, 0) is 64.2 Å². The molecule has 2 heterocycles. The van der Waals surface area contributed by atoms with Crippen LogP contribution >= 0.6 is 27.3 Å². The summed E-state index contributed by atoms with van der Waals surface area (Å²) in [6.07, 6.45) is 2.91. The first-order chi connectivity index (χ1) is 16.4. The molecule has 2 unspecified atom stereocenters. The fourth-order valence-electron chi connectivity index (χ4n) is 3.99. The lowest BCUT2D eigenvalue weighted by Crippen LogP contribution is -2.25. The first-order valence-electron chi connectivity index (χ1n) is 10.8. The second kappa shape index (κ2) is 11.2. The van der Waals surface area contributed by atoms with Crippen molar-refractivity contribution in [2.75, 3.05) is 13.7 Å². The van der Waals surface area contributed by atoms with Gasteiger partial charge in [0.15, 0.2) is 0 Å². The van der Waals surface area contributed by atoms with Gasteiger partial charge in [-0.15, -0.1) is 0 Å². The number of benzene rings is 2. The van der Waals surface area contributed by atoms with Gasteiger partial charge in [-0.25, -0.2) is 4.79 Å². The highest BCUT2D eigenvalue weighted by Gasteiger charge is 2.24. The summed E-state index contributed by atoms with van der Waals surface area (Å²) in [5, 5.41) is 23.6. The van der Waals surface area contributed by atoms with E-state index < -0.39 is 5.97 Å². The van der Waals surface area contributed by atoms with E-state index in [1.165, 1.54) is 11.3 Å². The maximum Gasteiger partial charge on any atom is 0.328 e. The number of hydrogen-bond acceptors (Lipinski definition) is 6. The minimum absolute atomic E-state index is 0.00376. The molecule has 178 valence electrons. The van der Waals surface area contributed by atoms with Crippen LogP contribution in [0.3, 0.4) is 0 Å². The standard InChI is InChI=1S/C26H25BrO6S/c1-31-20-4-6-32-25(12-20)18-9-19(27)11-21(10-18)33-14-16-2-3-22(24(28)8-16)23(13-26(29)30)17-5-7-34-15-17/h2-3,5,7-11,13,15,20,25,28H,4,6,12,14H2,1H3,(H,29,30)/b23-13+. The zero-order valence-corrected chi connectivity index (χ0v) is 21.0. The Morgan fingerprint density at radius 2 is 2.12 bits per heavy atom. The SMILES string of the molecule is COC1CCOC(c2cc(Br)cc(OCc3ccc(/C(=C/C(=O)O)c4ccsc4)c(O)c3)c2)C1. The number of carboxylic acid groups (broad SMARTS) is 1. The predicted molar refractivity (Wildman–Crippen MR) is 134 cm³/mol. The zero-order chi connectivity index (χ0) is 24.1. The van der Waals surface area contributed by atoms with Gasteiger partial charge >= 0.3 is 5.97 Å². The van der Waals surface area contributed by atoms with E-state index in [2.05, 4.69) is 15.9 Å². The predicted octanol–water partition coefficient (Wildman–Crippen LogP) is 6.18. The van der Waals surface area contributed by atoms with Crippen molar-refractivity contribution >= 4 is 38.8 Å². The summed E-state index contributed by atoms with van der Waals surface area (Å²) in [4.78, 5) is 11.3. The summed E-state index contributed by atoms with van der Waals surface area (Å²) >= 11 is 5.02. The second-order valence-electron chi connectivity index (χ2n) is 8.01. The maximum atomic E-state index is 11.3. The van der Waals surface area contributed by atoms with Gasteiger partial charge in [-0.1, -0.05) is 28.1 Å². The van der Waals surface area contributed by atoms with Crippen molar-refractivity contribution in [3.63, 3.8) is 0 Å². The fourth-order valence-corrected chi connectivity index (χ4v) is 5.13. The van der Waals surface area contributed by atoms with Crippen LogP contribution in [0.5, 0.6) is 11.5 Å². The maximum absolute atomic E-state index is 11.3. The van der Waals surface area contributed by atoms with E-state index in [1.807, 2.05) is 41.1 Å². The van der Waals surface area contributed by atoms with Crippen LogP contribution < -0.4 is 4.74 Å². The normalized spacial score (nSPS) is 18.6. The van der Waals surface area contributed by atoms with Gasteiger partial charge in [0, 0.05) is 41.8 Å². The molecule has 0 aliphatic carbocycles. The van der Waals surface area contributed by atoms with E-state index in [0.29, 0.717) is 23.5 Å². The molecule has 1 fully saturated rings. The van der Waals surface area contributed by atoms with Crippen molar-refractivity contribution < 1.29 is 29.2 Å². The highest BCUT2D eigenvalue weighted by atomic mass is 79.9. The van der Waals surface area contributed by atoms with Crippen LogP contribution in [0.2, 0.25) is 0 Å². The number of hydrogen-bond donors (Lipinski definition) is 2. The van der Waals surface area contributed by atoms with Gasteiger partial charge in [0.2, 0.25) is 0 Å². The molecule has 34 heavy (non-hydrogen) atoms. The first kappa shape index (κ1) is 24.5. The van der Waals surface area contributed by atoms with Gasteiger partial charge in [0.1, 0.15) is 18.1 Å². The minimum Gasteiger partial charge on any atom is -0.507 e. The summed E-state index contributed by atoms with van der Waals surface area (Å²) in [6, 6.07) is 12.8. The van der Waals surface area contributed by atoms with Crippen LogP contribution in [0.1, 0.15) is 41.2 Å². The van der Waals surface area contributed by atoms with Crippen molar-refractivity contribution in [3.8, 4) is 11.5 Å². The summed E-state index contributed by atoms with van der Waals surface area (Å²) < 4.78 is 18.4. The summed E-state index contributed by atoms with van der Waals surface area (Å²) in [5.41, 5.74) is 3.43. The Labute approximate surface area is 210 Å². The average Bonchev–Trinajstić information content (AvgIpc) is 3.36. The van der Waals surface area contributed by atoms with Crippen LogP contribution in [-0.2, 0) is 20.9 Å². The average molecular weight is 545 g/mol. The number of phenolic OH excluding ortho intramolecular Hbond substituents is 1. The highest BCUT2D eigenvalue weighted by molar-refractivity contribution is 9.10. The number of aromatic hydroxyl groups is 1. The molecule has 2 aromatic carbocycles. The van der Waals surface area contributed by atoms with Crippen LogP contribution in [0, 0.1) is 0 Å². The third-order valence-corrected chi connectivity index (χ3v) is 6.83. The lowest BCUT2D eigenvalue weighted by Gasteiger charge is -2.29. The largest absolute Gasteiger partial charge is 0.507 e. The number of aliphatic carboxylic acids is 1. The number of thiophene rings is 1. The Hall–Kier alpha value is -2.65. The molecule has 0 bridgehead atoms. The molecular formula is C26H25BrO6S. The molecule has 0 amide bonds. The van der Waals surface area contributed by atoms with E-state index in [9.17, 15) is 15.0 Å². The molecule has 6 nitrogen and oxygen atoms in total. The molecule has 1 aliphatic heterocycles. The lowest BCUT2D eigenvalue weighted by atomic mass is 9.97. The van der Waals surface area contributed by atoms with E-state index in [1.54, 1.807) is 19.2 Å². The topological polar surface area (TPSA) is 85.2 Å². The molecule has 0 saturated carbocycles. The Kier molecular flexibility index (Phi) is 8.05. The van der Waals surface area contributed by atoms with E-state index in [-0.39, 0.29) is 24.6 Å². The molecule has 3 aromatic rings. The Bertz CT molecular complexity index is 1170. The Morgan fingerprint density at radius 3 is 2.82 bits per heavy atom. The molecule has 0 spiro atoms. The van der Waals surface area contributed by atoms with Gasteiger partial charge in [0.05, 0.1) is 12.2 Å². The van der Waals surface area contributed by atoms with E-state index >= 15 is 0 Å².